The van der Waals surface area contributed by atoms with E-state index < -0.39 is 14.7 Å². The molecular formula is C8H17NO2S. The van der Waals surface area contributed by atoms with Crippen LogP contribution in [0.25, 0.3) is 0 Å². The predicted octanol–water partition coefficient (Wildman–Crippen LogP) is 1.04. The van der Waals surface area contributed by atoms with E-state index >= 15 is 0 Å². The molecule has 1 rings (SSSR count). The molecule has 0 bridgehead atoms. The summed E-state index contributed by atoms with van der Waals surface area (Å²) in [5.41, 5.74) is 5.61. The largest absolute Gasteiger partial charge is 0.313 e. The van der Waals surface area contributed by atoms with Crippen molar-refractivity contribution in [3.63, 3.8) is 0 Å². The molecule has 1 fully saturated rings. The van der Waals surface area contributed by atoms with E-state index in [1.54, 1.807) is 13.8 Å². The van der Waals surface area contributed by atoms with E-state index in [0.29, 0.717) is 0 Å². The minimum Gasteiger partial charge on any atom is -0.313 e. The second-order valence-corrected chi connectivity index (χ2v) is 6.86. The Hall–Kier alpha value is -0.0900. The van der Waals surface area contributed by atoms with Crippen LogP contribution in [0.1, 0.15) is 39.5 Å². The molecule has 0 aromatic rings. The average Bonchev–Trinajstić information content (AvgIpc) is 2.34. The lowest BCUT2D eigenvalue weighted by molar-refractivity contribution is 0.536. The molecule has 72 valence electrons. The van der Waals surface area contributed by atoms with Crippen molar-refractivity contribution in [2.45, 2.75) is 49.7 Å². The third-order valence-corrected chi connectivity index (χ3v) is 5.29. The second-order valence-electron chi connectivity index (χ2n) is 4.05. The van der Waals surface area contributed by atoms with Gasteiger partial charge in [0.1, 0.15) is 4.87 Å². The summed E-state index contributed by atoms with van der Waals surface area (Å²) in [6.45, 7) is 3.14. The summed E-state index contributed by atoms with van der Waals surface area (Å²) in [6, 6.07) is 0. The van der Waals surface area contributed by atoms with Crippen LogP contribution >= 0.6 is 0 Å². The highest BCUT2D eigenvalue weighted by Crippen LogP contribution is 2.29. The molecule has 0 spiro atoms. The standard InChI is InChI=1S/C8H17NO2S/c1-8(2,9)12(10,11)7-5-3-4-6-7/h7H,3-6,9H2,1-2H3. The molecule has 3 nitrogen and oxygen atoms in total. The normalized spacial score (nSPS) is 21.6. The third-order valence-electron chi connectivity index (χ3n) is 2.47. The zero-order valence-corrected chi connectivity index (χ0v) is 8.52. The molecular weight excluding hydrogens is 174 g/mol. The fourth-order valence-electron chi connectivity index (χ4n) is 1.63. The number of sulfone groups is 1. The predicted molar refractivity (Wildman–Crippen MR) is 49.4 cm³/mol. The van der Waals surface area contributed by atoms with Crippen molar-refractivity contribution in [3.05, 3.63) is 0 Å². The van der Waals surface area contributed by atoms with Crippen LogP contribution in [-0.2, 0) is 9.84 Å². The molecule has 0 aromatic heterocycles. The summed E-state index contributed by atoms with van der Waals surface area (Å²) in [7, 11) is -3.10. The van der Waals surface area contributed by atoms with Crippen LogP contribution < -0.4 is 5.73 Å². The van der Waals surface area contributed by atoms with Gasteiger partial charge in [-0.15, -0.1) is 0 Å². The molecule has 1 saturated carbocycles. The van der Waals surface area contributed by atoms with Gasteiger partial charge in [-0.3, -0.25) is 0 Å². The zero-order chi connectivity index (χ0) is 9.41. The first-order chi connectivity index (χ1) is 5.36. The first-order valence-corrected chi connectivity index (χ1v) is 5.92. The van der Waals surface area contributed by atoms with E-state index in [1.165, 1.54) is 0 Å². The average molecular weight is 191 g/mol. The topological polar surface area (TPSA) is 60.2 Å². The van der Waals surface area contributed by atoms with Gasteiger partial charge in [-0.2, -0.15) is 0 Å². The Balaban J connectivity index is 2.85. The Kier molecular flexibility index (Phi) is 2.50. The third kappa shape index (κ3) is 1.64. The Morgan fingerprint density at radius 2 is 1.67 bits per heavy atom. The lowest BCUT2D eigenvalue weighted by Gasteiger charge is -2.23. The van der Waals surface area contributed by atoms with E-state index in [4.69, 9.17) is 5.73 Å². The minimum atomic E-state index is -3.10. The van der Waals surface area contributed by atoms with Crippen LogP contribution in [0, 0.1) is 0 Å². The van der Waals surface area contributed by atoms with Crippen molar-refractivity contribution in [2.75, 3.05) is 0 Å². The van der Waals surface area contributed by atoms with E-state index in [2.05, 4.69) is 0 Å². The van der Waals surface area contributed by atoms with Crippen molar-refractivity contribution < 1.29 is 8.42 Å². The number of hydrogen-bond acceptors (Lipinski definition) is 3. The van der Waals surface area contributed by atoms with E-state index in [0.717, 1.165) is 25.7 Å². The maximum absolute atomic E-state index is 11.7. The quantitative estimate of drug-likeness (QED) is 0.709. The molecule has 0 amide bonds. The smallest absolute Gasteiger partial charge is 0.171 e. The molecule has 0 unspecified atom stereocenters. The Morgan fingerprint density at radius 1 is 1.25 bits per heavy atom. The summed E-state index contributed by atoms with van der Waals surface area (Å²) >= 11 is 0. The number of rotatable bonds is 2. The lowest BCUT2D eigenvalue weighted by Crippen LogP contribution is -2.46. The van der Waals surface area contributed by atoms with Crippen LogP contribution in [0.2, 0.25) is 0 Å². The lowest BCUT2D eigenvalue weighted by atomic mass is 10.4. The monoisotopic (exact) mass is 191 g/mol. The molecule has 12 heavy (non-hydrogen) atoms. The highest BCUT2D eigenvalue weighted by molar-refractivity contribution is 7.93. The summed E-state index contributed by atoms with van der Waals surface area (Å²) in [5.74, 6) is 0. The van der Waals surface area contributed by atoms with Crippen molar-refractivity contribution in [1.29, 1.82) is 0 Å². The SMILES string of the molecule is CC(C)(N)S(=O)(=O)C1CCCC1. The maximum Gasteiger partial charge on any atom is 0.171 e. The van der Waals surface area contributed by atoms with Gasteiger partial charge < -0.3 is 5.73 Å². The molecule has 0 atom stereocenters. The molecule has 0 saturated heterocycles. The van der Waals surface area contributed by atoms with Crippen LogP contribution in [-0.4, -0.2) is 18.5 Å². The molecule has 0 heterocycles. The molecule has 0 aliphatic heterocycles. The van der Waals surface area contributed by atoms with Gasteiger partial charge in [0.2, 0.25) is 0 Å². The van der Waals surface area contributed by atoms with Crippen molar-refractivity contribution >= 4 is 9.84 Å². The van der Waals surface area contributed by atoms with Gasteiger partial charge in [-0.1, -0.05) is 12.8 Å². The van der Waals surface area contributed by atoms with Gasteiger partial charge in [-0.05, 0) is 26.7 Å². The molecule has 1 aliphatic carbocycles. The first kappa shape index (κ1) is 9.99. The van der Waals surface area contributed by atoms with Gasteiger partial charge in [0.25, 0.3) is 0 Å². The minimum absolute atomic E-state index is 0.183. The molecule has 1 aliphatic rings. The molecule has 2 N–H and O–H groups in total. The number of nitrogens with two attached hydrogens (primary N) is 1. The molecule has 0 aromatic carbocycles. The second kappa shape index (κ2) is 3.00. The highest BCUT2D eigenvalue weighted by Gasteiger charge is 2.38. The molecule has 0 radical (unpaired) electrons. The Bertz CT molecular complexity index is 245. The summed E-state index contributed by atoms with van der Waals surface area (Å²) < 4.78 is 23.5. The van der Waals surface area contributed by atoms with Gasteiger partial charge in [0.15, 0.2) is 9.84 Å². The summed E-state index contributed by atoms with van der Waals surface area (Å²) in [6.07, 6.45) is 3.64. The van der Waals surface area contributed by atoms with E-state index in [-0.39, 0.29) is 5.25 Å². The van der Waals surface area contributed by atoms with Crippen molar-refractivity contribution in [3.8, 4) is 0 Å². The maximum atomic E-state index is 11.7. The van der Waals surface area contributed by atoms with E-state index in [1.807, 2.05) is 0 Å². The van der Waals surface area contributed by atoms with Crippen molar-refractivity contribution in [1.82, 2.24) is 0 Å². The van der Waals surface area contributed by atoms with Crippen LogP contribution in [0.4, 0.5) is 0 Å². The van der Waals surface area contributed by atoms with E-state index in [9.17, 15) is 8.42 Å². The van der Waals surface area contributed by atoms with Crippen molar-refractivity contribution in [2.24, 2.45) is 5.73 Å². The fraction of sp³-hybridized carbons (Fsp3) is 1.00. The summed E-state index contributed by atoms with van der Waals surface area (Å²) in [4.78, 5) is -1.07. The summed E-state index contributed by atoms with van der Waals surface area (Å²) in [5, 5.41) is -0.183. The van der Waals surface area contributed by atoms with Gasteiger partial charge in [-0.25, -0.2) is 8.42 Å². The Morgan fingerprint density at radius 3 is 2.00 bits per heavy atom. The number of hydrogen-bond donors (Lipinski definition) is 1. The van der Waals surface area contributed by atoms with Gasteiger partial charge in [0, 0.05) is 0 Å². The van der Waals surface area contributed by atoms with Crippen LogP contribution in [0.5, 0.6) is 0 Å². The highest BCUT2D eigenvalue weighted by atomic mass is 32.2. The zero-order valence-electron chi connectivity index (χ0n) is 7.71. The Labute approximate surface area is 74.3 Å². The molecule has 4 heteroatoms. The van der Waals surface area contributed by atoms with Gasteiger partial charge >= 0.3 is 0 Å². The van der Waals surface area contributed by atoms with Gasteiger partial charge in [0.05, 0.1) is 5.25 Å². The fourth-order valence-corrected chi connectivity index (χ4v) is 3.44. The first-order valence-electron chi connectivity index (χ1n) is 4.38. The van der Waals surface area contributed by atoms with Crippen LogP contribution in [0.15, 0.2) is 0 Å². The van der Waals surface area contributed by atoms with Crippen LogP contribution in [0.3, 0.4) is 0 Å².